The zero-order chi connectivity index (χ0) is 12.3. The second kappa shape index (κ2) is 5.94. The SMILES string of the molecule is CCN1CCC(CNCc2nc(C)c(C)s2)C1. The van der Waals surface area contributed by atoms with E-state index in [-0.39, 0.29) is 0 Å². The van der Waals surface area contributed by atoms with Crippen LogP contribution in [0.25, 0.3) is 0 Å². The quantitative estimate of drug-likeness (QED) is 0.872. The van der Waals surface area contributed by atoms with E-state index in [0.717, 1.165) is 19.0 Å². The summed E-state index contributed by atoms with van der Waals surface area (Å²) in [5.41, 5.74) is 1.19. The lowest BCUT2D eigenvalue weighted by Crippen LogP contribution is -2.26. The molecule has 4 heteroatoms. The summed E-state index contributed by atoms with van der Waals surface area (Å²) in [6.07, 6.45) is 1.34. The van der Waals surface area contributed by atoms with E-state index in [1.54, 1.807) is 0 Å². The molecule has 1 unspecified atom stereocenters. The molecule has 1 aromatic heterocycles. The molecule has 1 fully saturated rings. The number of nitrogens with one attached hydrogen (secondary N) is 1. The highest BCUT2D eigenvalue weighted by atomic mass is 32.1. The van der Waals surface area contributed by atoms with Gasteiger partial charge in [0.25, 0.3) is 0 Å². The second-order valence-electron chi connectivity index (χ2n) is 4.93. The van der Waals surface area contributed by atoms with Crippen molar-refractivity contribution in [3.63, 3.8) is 0 Å². The third kappa shape index (κ3) is 3.50. The molecular formula is C13H23N3S. The molecule has 1 saturated heterocycles. The van der Waals surface area contributed by atoms with E-state index in [0.29, 0.717) is 0 Å². The maximum absolute atomic E-state index is 4.55. The molecule has 1 N–H and O–H groups in total. The summed E-state index contributed by atoms with van der Waals surface area (Å²) in [5, 5.41) is 4.78. The number of likely N-dealkylation sites (tertiary alicyclic amines) is 1. The number of aryl methyl sites for hydroxylation is 2. The summed E-state index contributed by atoms with van der Waals surface area (Å²) in [6.45, 7) is 12.3. The van der Waals surface area contributed by atoms with Gasteiger partial charge < -0.3 is 10.2 Å². The maximum Gasteiger partial charge on any atom is 0.107 e. The van der Waals surface area contributed by atoms with Gasteiger partial charge in [-0.05, 0) is 45.8 Å². The van der Waals surface area contributed by atoms with E-state index < -0.39 is 0 Å². The van der Waals surface area contributed by atoms with Crippen molar-refractivity contribution in [3.8, 4) is 0 Å². The molecule has 0 spiro atoms. The Bertz CT molecular complexity index is 342. The molecule has 2 heterocycles. The topological polar surface area (TPSA) is 28.2 Å². The number of hydrogen-bond donors (Lipinski definition) is 1. The van der Waals surface area contributed by atoms with Crippen molar-refractivity contribution < 1.29 is 0 Å². The zero-order valence-electron chi connectivity index (χ0n) is 11.1. The summed E-state index contributed by atoms with van der Waals surface area (Å²) >= 11 is 1.82. The van der Waals surface area contributed by atoms with Crippen molar-refractivity contribution in [2.45, 2.75) is 33.7 Å². The van der Waals surface area contributed by atoms with E-state index in [9.17, 15) is 0 Å². The Morgan fingerprint density at radius 3 is 2.88 bits per heavy atom. The molecule has 2 rings (SSSR count). The summed E-state index contributed by atoms with van der Waals surface area (Å²) in [7, 11) is 0. The second-order valence-corrected chi connectivity index (χ2v) is 6.22. The standard InChI is InChI=1S/C13H23N3S/c1-4-16-6-5-12(9-16)7-14-8-13-15-10(2)11(3)17-13/h12,14H,4-9H2,1-3H3. The Balaban J connectivity index is 1.69. The summed E-state index contributed by atoms with van der Waals surface area (Å²) in [5.74, 6) is 0.831. The Morgan fingerprint density at radius 2 is 2.29 bits per heavy atom. The van der Waals surface area contributed by atoms with Gasteiger partial charge in [0.2, 0.25) is 0 Å². The van der Waals surface area contributed by atoms with Gasteiger partial charge in [0.15, 0.2) is 0 Å². The van der Waals surface area contributed by atoms with Gasteiger partial charge in [0.05, 0.1) is 5.69 Å². The van der Waals surface area contributed by atoms with Gasteiger partial charge in [-0.15, -0.1) is 11.3 Å². The number of thiazole rings is 1. The van der Waals surface area contributed by atoms with Crippen LogP contribution in [0.1, 0.15) is 28.9 Å². The molecule has 1 aliphatic heterocycles. The molecule has 1 atom stereocenters. The van der Waals surface area contributed by atoms with E-state index in [1.165, 1.54) is 41.6 Å². The van der Waals surface area contributed by atoms with Crippen LogP contribution in [0, 0.1) is 19.8 Å². The molecule has 1 aliphatic rings. The van der Waals surface area contributed by atoms with Crippen LogP contribution in [0.3, 0.4) is 0 Å². The maximum atomic E-state index is 4.55. The van der Waals surface area contributed by atoms with Crippen LogP contribution >= 0.6 is 11.3 Å². The molecule has 0 aliphatic carbocycles. The lowest BCUT2D eigenvalue weighted by Gasteiger charge is -2.13. The van der Waals surface area contributed by atoms with Crippen LogP contribution in [0.15, 0.2) is 0 Å². The fraction of sp³-hybridized carbons (Fsp3) is 0.769. The number of hydrogen-bond acceptors (Lipinski definition) is 4. The van der Waals surface area contributed by atoms with Crippen LogP contribution in [-0.2, 0) is 6.54 Å². The van der Waals surface area contributed by atoms with Crippen molar-refractivity contribution in [1.82, 2.24) is 15.2 Å². The van der Waals surface area contributed by atoms with E-state index >= 15 is 0 Å². The summed E-state index contributed by atoms with van der Waals surface area (Å²) in [4.78, 5) is 8.43. The predicted molar refractivity (Wildman–Crippen MR) is 73.5 cm³/mol. The van der Waals surface area contributed by atoms with Crippen molar-refractivity contribution in [3.05, 3.63) is 15.6 Å². The molecular weight excluding hydrogens is 230 g/mol. The Labute approximate surface area is 108 Å². The highest BCUT2D eigenvalue weighted by Gasteiger charge is 2.20. The molecule has 3 nitrogen and oxygen atoms in total. The fourth-order valence-electron chi connectivity index (χ4n) is 2.36. The molecule has 1 aromatic rings. The minimum atomic E-state index is 0.831. The molecule has 96 valence electrons. The van der Waals surface area contributed by atoms with E-state index in [1.807, 2.05) is 11.3 Å². The molecule has 0 aromatic carbocycles. The van der Waals surface area contributed by atoms with Gasteiger partial charge in [0, 0.05) is 18.0 Å². The first-order valence-electron chi connectivity index (χ1n) is 6.55. The van der Waals surface area contributed by atoms with Gasteiger partial charge in [0.1, 0.15) is 5.01 Å². The minimum Gasteiger partial charge on any atom is -0.310 e. The minimum absolute atomic E-state index is 0.831. The smallest absolute Gasteiger partial charge is 0.107 e. The van der Waals surface area contributed by atoms with Crippen molar-refractivity contribution in [2.75, 3.05) is 26.2 Å². The summed E-state index contributed by atoms with van der Waals surface area (Å²) < 4.78 is 0. The fourth-order valence-corrected chi connectivity index (χ4v) is 3.27. The van der Waals surface area contributed by atoms with Gasteiger partial charge in [-0.2, -0.15) is 0 Å². The van der Waals surface area contributed by atoms with Gasteiger partial charge in [-0.1, -0.05) is 6.92 Å². The van der Waals surface area contributed by atoms with Crippen LogP contribution in [0.2, 0.25) is 0 Å². The summed E-state index contributed by atoms with van der Waals surface area (Å²) in [6, 6.07) is 0. The normalized spacial score (nSPS) is 21.2. The first kappa shape index (κ1) is 13.0. The van der Waals surface area contributed by atoms with Crippen LogP contribution in [-0.4, -0.2) is 36.1 Å². The highest BCUT2D eigenvalue weighted by Crippen LogP contribution is 2.17. The number of rotatable bonds is 5. The number of nitrogens with zero attached hydrogens (tertiary/aromatic N) is 2. The molecule has 0 bridgehead atoms. The van der Waals surface area contributed by atoms with Crippen LogP contribution < -0.4 is 5.32 Å². The van der Waals surface area contributed by atoms with E-state index in [2.05, 4.69) is 36.0 Å². The first-order chi connectivity index (χ1) is 8.19. The lowest BCUT2D eigenvalue weighted by molar-refractivity contribution is 0.339. The Hall–Kier alpha value is -0.450. The average Bonchev–Trinajstić information content (AvgIpc) is 2.87. The molecule has 0 radical (unpaired) electrons. The third-order valence-corrected chi connectivity index (χ3v) is 4.67. The first-order valence-corrected chi connectivity index (χ1v) is 7.36. The van der Waals surface area contributed by atoms with Crippen molar-refractivity contribution in [1.29, 1.82) is 0 Å². The number of aromatic nitrogens is 1. The molecule has 17 heavy (non-hydrogen) atoms. The lowest BCUT2D eigenvalue weighted by atomic mass is 10.1. The molecule has 0 saturated carbocycles. The van der Waals surface area contributed by atoms with Gasteiger partial charge >= 0.3 is 0 Å². The molecule has 0 amide bonds. The van der Waals surface area contributed by atoms with E-state index in [4.69, 9.17) is 0 Å². The van der Waals surface area contributed by atoms with Gasteiger partial charge in [-0.3, -0.25) is 0 Å². The van der Waals surface area contributed by atoms with Gasteiger partial charge in [-0.25, -0.2) is 4.98 Å². The largest absolute Gasteiger partial charge is 0.310 e. The Morgan fingerprint density at radius 1 is 1.47 bits per heavy atom. The average molecular weight is 253 g/mol. The monoisotopic (exact) mass is 253 g/mol. The van der Waals surface area contributed by atoms with Crippen LogP contribution in [0.5, 0.6) is 0 Å². The third-order valence-electron chi connectivity index (χ3n) is 3.60. The van der Waals surface area contributed by atoms with Crippen LogP contribution in [0.4, 0.5) is 0 Å². The van der Waals surface area contributed by atoms with Crippen molar-refractivity contribution >= 4 is 11.3 Å². The Kier molecular flexibility index (Phi) is 4.54. The zero-order valence-corrected chi connectivity index (χ0v) is 11.9. The highest BCUT2D eigenvalue weighted by molar-refractivity contribution is 7.11. The predicted octanol–water partition coefficient (Wildman–Crippen LogP) is 2.19. The van der Waals surface area contributed by atoms with Crippen molar-refractivity contribution in [2.24, 2.45) is 5.92 Å².